The monoisotopic (exact) mass is 254 g/mol. The zero-order chi connectivity index (χ0) is 13.7. The van der Waals surface area contributed by atoms with E-state index in [1.165, 1.54) is 0 Å². The molecule has 0 saturated heterocycles. The molecule has 0 aliphatic heterocycles. The van der Waals surface area contributed by atoms with E-state index in [2.05, 4.69) is 17.3 Å². The van der Waals surface area contributed by atoms with Crippen LogP contribution in [0.15, 0.2) is 0 Å². The maximum absolute atomic E-state index is 11.6. The van der Waals surface area contributed by atoms with Crippen LogP contribution in [0, 0.1) is 6.92 Å². The standard InChI is InChI=1S/C12H22N4O2/c1-5-7-16-11(10(13)8(3)15-16)14-9(4)12(17)18-6-2/h9,14H,5-7,13H2,1-4H3. The van der Waals surface area contributed by atoms with Crippen molar-refractivity contribution in [3.05, 3.63) is 5.69 Å². The molecule has 1 aromatic heterocycles. The Balaban J connectivity index is 2.85. The number of aryl methyl sites for hydroxylation is 2. The third kappa shape index (κ3) is 3.15. The number of hydrogen-bond acceptors (Lipinski definition) is 5. The fraction of sp³-hybridized carbons (Fsp3) is 0.667. The number of nitrogens with one attached hydrogen (secondary N) is 1. The molecule has 0 amide bonds. The molecule has 0 fully saturated rings. The summed E-state index contributed by atoms with van der Waals surface area (Å²) in [6.07, 6.45) is 0.947. The molecule has 1 heterocycles. The molecular weight excluding hydrogens is 232 g/mol. The van der Waals surface area contributed by atoms with Gasteiger partial charge in [-0.2, -0.15) is 5.10 Å². The normalized spacial score (nSPS) is 12.2. The van der Waals surface area contributed by atoms with Crippen LogP contribution in [0.25, 0.3) is 0 Å². The SMILES string of the molecule is CCCn1nc(C)c(N)c1NC(C)C(=O)OCC. The molecule has 1 rings (SSSR count). The number of nitrogen functional groups attached to an aromatic ring is 1. The first-order chi connectivity index (χ1) is 8.51. The van der Waals surface area contributed by atoms with Gasteiger partial charge < -0.3 is 15.8 Å². The van der Waals surface area contributed by atoms with Gasteiger partial charge in [0.1, 0.15) is 11.9 Å². The first-order valence-corrected chi connectivity index (χ1v) is 6.27. The molecule has 0 aliphatic rings. The summed E-state index contributed by atoms with van der Waals surface area (Å²) in [5.41, 5.74) is 7.31. The average Bonchev–Trinajstić information content (AvgIpc) is 2.58. The quantitative estimate of drug-likeness (QED) is 0.753. The highest BCUT2D eigenvalue weighted by molar-refractivity contribution is 5.80. The maximum Gasteiger partial charge on any atom is 0.328 e. The predicted octanol–water partition coefficient (Wildman–Crippen LogP) is 1.55. The van der Waals surface area contributed by atoms with Crippen LogP contribution in [0.2, 0.25) is 0 Å². The Morgan fingerprint density at radius 2 is 2.22 bits per heavy atom. The molecule has 6 heteroatoms. The van der Waals surface area contributed by atoms with Gasteiger partial charge in [-0.1, -0.05) is 6.92 Å². The lowest BCUT2D eigenvalue weighted by Gasteiger charge is -2.15. The van der Waals surface area contributed by atoms with Crippen LogP contribution in [0.3, 0.4) is 0 Å². The van der Waals surface area contributed by atoms with Crippen LogP contribution in [-0.2, 0) is 16.1 Å². The molecule has 0 radical (unpaired) electrons. The summed E-state index contributed by atoms with van der Waals surface area (Å²) in [5, 5.41) is 7.41. The molecule has 102 valence electrons. The van der Waals surface area contributed by atoms with Gasteiger partial charge in [-0.05, 0) is 27.2 Å². The number of carbonyl (C=O) groups is 1. The molecule has 3 N–H and O–H groups in total. The van der Waals surface area contributed by atoms with E-state index in [0.717, 1.165) is 18.7 Å². The number of ether oxygens (including phenoxy) is 1. The number of nitrogens with two attached hydrogens (primary N) is 1. The molecule has 0 saturated carbocycles. The van der Waals surface area contributed by atoms with E-state index in [1.54, 1.807) is 18.5 Å². The maximum atomic E-state index is 11.6. The number of esters is 1. The molecule has 0 bridgehead atoms. The Kier molecular flexibility index (Phi) is 5.00. The first kappa shape index (κ1) is 14.3. The van der Waals surface area contributed by atoms with E-state index >= 15 is 0 Å². The summed E-state index contributed by atoms with van der Waals surface area (Å²) >= 11 is 0. The van der Waals surface area contributed by atoms with Crippen molar-refractivity contribution in [1.29, 1.82) is 0 Å². The topological polar surface area (TPSA) is 82.2 Å². The summed E-state index contributed by atoms with van der Waals surface area (Å²) in [6, 6.07) is -0.445. The van der Waals surface area contributed by atoms with Crippen LogP contribution in [0.1, 0.15) is 32.9 Å². The van der Waals surface area contributed by atoms with Gasteiger partial charge in [-0.15, -0.1) is 0 Å². The van der Waals surface area contributed by atoms with E-state index < -0.39 is 6.04 Å². The Morgan fingerprint density at radius 1 is 1.56 bits per heavy atom. The van der Waals surface area contributed by atoms with Gasteiger partial charge in [0.15, 0.2) is 0 Å². The zero-order valence-corrected chi connectivity index (χ0v) is 11.5. The molecule has 1 atom stereocenters. The molecular formula is C12H22N4O2. The van der Waals surface area contributed by atoms with E-state index in [0.29, 0.717) is 18.1 Å². The van der Waals surface area contributed by atoms with Gasteiger partial charge in [0.25, 0.3) is 0 Å². The third-order valence-electron chi connectivity index (χ3n) is 2.60. The number of rotatable bonds is 6. The second kappa shape index (κ2) is 6.28. The smallest absolute Gasteiger partial charge is 0.328 e. The lowest BCUT2D eigenvalue weighted by atomic mass is 10.3. The number of aromatic nitrogens is 2. The Labute approximate surface area is 107 Å². The highest BCUT2D eigenvalue weighted by Gasteiger charge is 2.19. The van der Waals surface area contributed by atoms with E-state index in [4.69, 9.17) is 10.5 Å². The van der Waals surface area contributed by atoms with Crippen molar-refractivity contribution in [3.63, 3.8) is 0 Å². The van der Waals surface area contributed by atoms with Crippen LogP contribution in [0.4, 0.5) is 11.5 Å². The van der Waals surface area contributed by atoms with E-state index in [-0.39, 0.29) is 5.97 Å². The second-order valence-electron chi connectivity index (χ2n) is 4.19. The number of hydrogen-bond donors (Lipinski definition) is 2. The van der Waals surface area contributed by atoms with Gasteiger partial charge >= 0.3 is 5.97 Å². The summed E-state index contributed by atoms with van der Waals surface area (Å²) < 4.78 is 6.74. The van der Waals surface area contributed by atoms with Crippen LogP contribution >= 0.6 is 0 Å². The van der Waals surface area contributed by atoms with Gasteiger partial charge in [0.2, 0.25) is 0 Å². The van der Waals surface area contributed by atoms with Gasteiger partial charge in [0, 0.05) is 6.54 Å². The summed E-state index contributed by atoms with van der Waals surface area (Å²) in [6.45, 7) is 8.57. The predicted molar refractivity (Wildman–Crippen MR) is 71.4 cm³/mol. The van der Waals surface area contributed by atoms with Crippen molar-refractivity contribution >= 4 is 17.5 Å². The van der Waals surface area contributed by atoms with Gasteiger partial charge in [-0.3, -0.25) is 0 Å². The fourth-order valence-corrected chi connectivity index (χ4v) is 1.65. The van der Waals surface area contributed by atoms with E-state index in [1.807, 2.05) is 6.92 Å². The highest BCUT2D eigenvalue weighted by atomic mass is 16.5. The Hall–Kier alpha value is -1.72. The number of nitrogens with zero attached hydrogens (tertiary/aromatic N) is 2. The van der Waals surface area contributed by atoms with Gasteiger partial charge in [0.05, 0.1) is 18.0 Å². The zero-order valence-electron chi connectivity index (χ0n) is 11.5. The average molecular weight is 254 g/mol. The lowest BCUT2D eigenvalue weighted by Crippen LogP contribution is -2.29. The highest BCUT2D eigenvalue weighted by Crippen LogP contribution is 2.23. The van der Waals surface area contributed by atoms with Crippen molar-refractivity contribution in [2.24, 2.45) is 0 Å². The Bertz CT molecular complexity index is 414. The Morgan fingerprint density at radius 3 is 2.78 bits per heavy atom. The molecule has 1 aromatic rings. The molecule has 6 nitrogen and oxygen atoms in total. The van der Waals surface area contributed by atoms with Crippen molar-refractivity contribution in [1.82, 2.24) is 9.78 Å². The van der Waals surface area contributed by atoms with E-state index in [9.17, 15) is 4.79 Å². The molecule has 18 heavy (non-hydrogen) atoms. The third-order valence-corrected chi connectivity index (χ3v) is 2.60. The largest absolute Gasteiger partial charge is 0.464 e. The summed E-state index contributed by atoms with van der Waals surface area (Å²) in [4.78, 5) is 11.6. The molecule has 0 spiro atoms. The minimum Gasteiger partial charge on any atom is -0.464 e. The number of anilines is 2. The first-order valence-electron chi connectivity index (χ1n) is 6.27. The van der Waals surface area contributed by atoms with Crippen molar-refractivity contribution in [3.8, 4) is 0 Å². The molecule has 0 aliphatic carbocycles. The van der Waals surface area contributed by atoms with Crippen molar-refractivity contribution in [2.75, 3.05) is 17.7 Å². The van der Waals surface area contributed by atoms with Crippen molar-refractivity contribution < 1.29 is 9.53 Å². The van der Waals surface area contributed by atoms with Crippen LogP contribution in [-0.4, -0.2) is 28.4 Å². The summed E-state index contributed by atoms with van der Waals surface area (Å²) in [7, 11) is 0. The van der Waals surface area contributed by atoms with Crippen LogP contribution in [0.5, 0.6) is 0 Å². The van der Waals surface area contributed by atoms with Crippen LogP contribution < -0.4 is 11.1 Å². The fourth-order valence-electron chi connectivity index (χ4n) is 1.65. The molecule has 1 unspecified atom stereocenters. The summed E-state index contributed by atoms with van der Waals surface area (Å²) in [5.74, 6) is 0.397. The van der Waals surface area contributed by atoms with Gasteiger partial charge in [-0.25, -0.2) is 9.48 Å². The van der Waals surface area contributed by atoms with Crippen molar-refractivity contribution in [2.45, 2.75) is 46.7 Å². The number of carbonyl (C=O) groups excluding carboxylic acids is 1. The molecule has 0 aromatic carbocycles. The minimum atomic E-state index is -0.445. The minimum absolute atomic E-state index is 0.293. The second-order valence-corrected chi connectivity index (χ2v) is 4.19. The lowest BCUT2D eigenvalue weighted by molar-refractivity contribution is -0.143.